The number of anilines is 1. The summed E-state index contributed by atoms with van der Waals surface area (Å²) in [5.74, 6) is 0.846. The first kappa shape index (κ1) is 19.3. The zero-order valence-electron chi connectivity index (χ0n) is 15.8. The standard InChI is InChI=1S/C21H21N3O4S/c22-11-17-16-7-5-15(28-21(26)23-12-13-3-4-13)10-18(16)29-20(17)24-19(25)8-6-14-2-1-9-27-14/h1-2,6,8-9,13,15H,3-5,7,10,12H2,(H,23,26)(H,24,25)/b8-6+. The molecule has 1 atom stereocenters. The summed E-state index contributed by atoms with van der Waals surface area (Å²) in [6.07, 6.45) is 8.10. The van der Waals surface area contributed by atoms with Crippen molar-refractivity contribution in [1.82, 2.24) is 5.32 Å². The molecule has 2 amide bonds. The van der Waals surface area contributed by atoms with Crippen molar-refractivity contribution < 1.29 is 18.7 Å². The monoisotopic (exact) mass is 411 g/mol. The third kappa shape index (κ3) is 4.87. The van der Waals surface area contributed by atoms with Gasteiger partial charge in [-0.05, 0) is 55.4 Å². The molecule has 1 fully saturated rings. The number of carbonyl (C=O) groups is 2. The summed E-state index contributed by atoms with van der Waals surface area (Å²) in [7, 11) is 0. The van der Waals surface area contributed by atoms with Crippen LogP contribution in [0.25, 0.3) is 6.08 Å². The zero-order valence-corrected chi connectivity index (χ0v) is 16.6. The van der Waals surface area contributed by atoms with Crippen molar-refractivity contribution in [2.45, 2.75) is 38.2 Å². The molecule has 0 radical (unpaired) electrons. The van der Waals surface area contributed by atoms with Crippen LogP contribution in [-0.2, 0) is 22.4 Å². The average molecular weight is 411 g/mol. The van der Waals surface area contributed by atoms with Gasteiger partial charge in [-0.3, -0.25) is 4.79 Å². The number of rotatable bonds is 6. The van der Waals surface area contributed by atoms with Gasteiger partial charge in [0.1, 0.15) is 22.9 Å². The van der Waals surface area contributed by atoms with Crippen LogP contribution >= 0.6 is 11.3 Å². The highest BCUT2D eigenvalue weighted by Crippen LogP contribution is 2.38. The number of thiophene rings is 1. The van der Waals surface area contributed by atoms with Gasteiger partial charge in [-0.15, -0.1) is 11.3 Å². The molecule has 0 saturated heterocycles. The first-order valence-electron chi connectivity index (χ1n) is 9.64. The summed E-state index contributed by atoms with van der Waals surface area (Å²) >= 11 is 1.37. The fraction of sp³-hybridized carbons (Fsp3) is 0.381. The van der Waals surface area contributed by atoms with Crippen LogP contribution in [0.5, 0.6) is 0 Å². The second kappa shape index (κ2) is 8.53. The number of ether oxygens (including phenoxy) is 1. The van der Waals surface area contributed by atoms with Crippen molar-refractivity contribution in [2.24, 2.45) is 5.92 Å². The second-order valence-corrected chi connectivity index (χ2v) is 8.36. The minimum atomic E-state index is -0.376. The number of hydrogen-bond acceptors (Lipinski definition) is 6. The normalized spacial score (nSPS) is 18.1. The van der Waals surface area contributed by atoms with Crippen LogP contribution in [0.3, 0.4) is 0 Å². The van der Waals surface area contributed by atoms with Gasteiger partial charge in [0, 0.05) is 23.9 Å². The summed E-state index contributed by atoms with van der Waals surface area (Å²) in [5, 5.41) is 15.7. The van der Waals surface area contributed by atoms with Gasteiger partial charge < -0.3 is 19.8 Å². The molecule has 2 heterocycles. The van der Waals surface area contributed by atoms with Crippen LogP contribution in [0.15, 0.2) is 28.9 Å². The van der Waals surface area contributed by atoms with Crippen LogP contribution in [0, 0.1) is 17.2 Å². The van der Waals surface area contributed by atoms with Crippen molar-refractivity contribution >= 4 is 34.4 Å². The smallest absolute Gasteiger partial charge is 0.407 e. The van der Waals surface area contributed by atoms with Crippen molar-refractivity contribution in [3.05, 3.63) is 46.2 Å². The van der Waals surface area contributed by atoms with E-state index in [0.717, 1.165) is 10.4 Å². The lowest BCUT2D eigenvalue weighted by atomic mass is 9.94. The molecule has 2 aromatic rings. The van der Waals surface area contributed by atoms with Crippen LogP contribution in [0.1, 0.15) is 41.0 Å². The largest absolute Gasteiger partial charge is 0.465 e. The molecule has 0 aliphatic heterocycles. The third-order valence-corrected chi connectivity index (χ3v) is 6.19. The fourth-order valence-corrected chi connectivity index (χ4v) is 4.57. The molecule has 1 saturated carbocycles. The minimum Gasteiger partial charge on any atom is -0.465 e. The third-order valence-electron chi connectivity index (χ3n) is 5.02. The molecule has 2 aliphatic carbocycles. The maximum Gasteiger partial charge on any atom is 0.407 e. The summed E-state index contributed by atoms with van der Waals surface area (Å²) in [6.45, 7) is 0.677. The quantitative estimate of drug-likeness (QED) is 0.703. The Morgan fingerprint density at radius 3 is 2.97 bits per heavy atom. The molecule has 150 valence electrons. The van der Waals surface area contributed by atoms with Crippen LogP contribution in [0.2, 0.25) is 0 Å². The Balaban J connectivity index is 1.38. The maximum absolute atomic E-state index is 12.2. The Bertz CT molecular complexity index is 967. The van der Waals surface area contributed by atoms with Crippen LogP contribution < -0.4 is 10.6 Å². The lowest BCUT2D eigenvalue weighted by molar-refractivity contribution is -0.111. The van der Waals surface area contributed by atoms with Crippen molar-refractivity contribution in [3.63, 3.8) is 0 Å². The number of nitrogens with one attached hydrogen (secondary N) is 2. The van der Waals surface area contributed by atoms with E-state index in [1.54, 1.807) is 18.2 Å². The summed E-state index contributed by atoms with van der Waals surface area (Å²) < 4.78 is 10.7. The van der Waals surface area contributed by atoms with E-state index in [0.29, 0.717) is 48.0 Å². The average Bonchev–Trinajstić information content (AvgIpc) is 3.26. The highest BCUT2D eigenvalue weighted by atomic mass is 32.1. The van der Waals surface area contributed by atoms with E-state index in [-0.39, 0.29) is 18.1 Å². The van der Waals surface area contributed by atoms with Gasteiger partial charge in [0.15, 0.2) is 0 Å². The molecular weight excluding hydrogens is 390 g/mol. The summed E-state index contributed by atoms with van der Waals surface area (Å²) in [5.41, 5.74) is 1.45. The number of carbonyl (C=O) groups excluding carboxylic acids is 2. The van der Waals surface area contributed by atoms with E-state index in [9.17, 15) is 14.9 Å². The lowest BCUT2D eigenvalue weighted by Gasteiger charge is -2.22. The van der Waals surface area contributed by atoms with Gasteiger partial charge in [0.2, 0.25) is 5.91 Å². The predicted octanol–water partition coefficient (Wildman–Crippen LogP) is 3.86. The number of nitrogens with zero attached hydrogens (tertiary/aromatic N) is 1. The predicted molar refractivity (Wildman–Crippen MR) is 108 cm³/mol. The number of furan rings is 1. The van der Waals surface area contributed by atoms with E-state index < -0.39 is 0 Å². The maximum atomic E-state index is 12.2. The first-order valence-corrected chi connectivity index (χ1v) is 10.5. The fourth-order valence-electron chi connectivity index (χ4n) is 3.30. The Morgan fingerprint density at radius 1 is 1.38 bits per heavy atom. The molecule has 0 spiro atoms. The van der Waals surface area contributed by atoms with E-state index in [2.05, 4.69) is 16.7 Å². The summed E-state index contributed by atoms with van der Waals surface area (Å²) in [4.78, 5) is 25.1. The van der Waals surface area contributed by atoms with Gasteiger partial charge in [0.05, 0.1) is 11.8 Å². The molecule has 2 N–H and O–H groups in total. The van der Waals surface area contributed by atoms with E-state index >= 15 is 0 Å². The van der Waals surface area contributed by atoms with E-state index in [4.69, 9.17) is 9.15 Å². The lowest BCUT2D eigenvalue weighted by Crippen LogP contribution is -2.32. The molecule has 0 bridgehead atoms. The molecule has 7 nitrogen and oxygen atoms in total. The highest BCUT2D eigenvalue weighted by molar-refractivity contribution is 7.16. The van der Waals surface area contributed by atoms with Crippen molar-refractivity contribution in [2.75, 3.05) is 11.9 Å². The van der Waals surface area contributed by atoms with Gasteiger partial charge in [0.25, 0.3) is 0 Å². The molecule has 1 unspecified atom stereocenters. The molecule has 4 rings (SSSR count). The molecule has 2 aromatic heterocycles. The summed E-state index contributed by atoms with van der Waals surface area (Å²) in [6, 6.07) is 5.69. The topological polar surface area (TPSA) is 104 Å². The first-order chi connectivity index (χ1) is 14.1. The zero-order chi connectivity index (χ0) is 20.2. The van der Waals surface area contributed by atoms with Gasteiger partial charge in [-0.25, -0.2) is 4.79 Å². The van der Waals surface area contributed by atoms with E-state index in [1.165, 1.54) is 36.5 Å². The molecule has 2 aliphatic rings. The van der Waals surface area contributed by atoms with Crippen molar-refractivity contribution in [1.29, 1.82) is 5.26 Å². The highest BCUT2D eigenvalue weighted by Gasteiger charge is 2.29. The Hall–Kier alpha value is -3.05. The number of fused-ring (bicyclic) bond motifs is 1. The van der Waals surface area contributed by atoms with Crippen LogP contribution in [-0.4, -0.2) is 24.6 Å². The Kier molecular flexibility index (Phi) is 5.67. The molecular formula is C21H21N3O4S. The molecule has 8 heteroatoms. The van der Waals surface area contributed by atoms with E-state index in [1.807, 2.05) is 0 Å². The number of amides is 2. The second-order valence-electron chi connectivity index (χ2n) is 7.25. The van der Waals surface area contributed by atoms with Crippen LogP contribution in [0.4, 0.5) is 9.80 Å². The van der Waals surface area contributed by atoms with Gasteiger partial charge in [-0.1, -0.05) is 0 Å². The van der Waals surface area contributed by atoms with Crippen molar-refractivity contribution in [3.8, 4) is 6.07 Å². The Morgan fingerprint density at radius 2 is 2.24 bits per heavy atom. The Labute approximate surface area is 172 Å². The van der Waals surface area contributed by atoms with Gasteiger partial charge >= 0.3 is 6.09 Å². The van der Waals surface area contributed by atoms with Gasteiger partial charge in [-0.2, -0.15) is 5.26 Å². The molecule has 0 aromatic carbocycles. The number of hydrogen-bond donors (Lipinski definition) is 2. The number of nitriles is 1. The SMILES string of the molecule is N#Cc1c(NC(=O)/C=C/c2ccco2)sc2c1CCC(OC(=O)NCC1CC1)C2. The minimum absolute atomic E-state index is 0.214. The number of alkyl carbamates (subject to hydrolysis) is 1. The molecule has 29 heavy (non-hydrogen) atoms.